The number of hydrogen-bond donors (Lipinski definition) is 0. The zero-order valence-corrected chi connectivity index (χ0v) is 41.5. The molecule has 2 heterocycles. The average Bonchev–Trinajstić information content (AvgIpc) is 3.55. The van der Waals surface area contributed by atoms with Gasteiger partial charge in [-0.25, -0.2) is 0 Å². The van der Waals surface area contributed by atoms with Gasteiger partial charge in [-0.2, -0.15) is 0 Å². The highest BCUT2D eigenvalue weighted by atomic mass is 16.5. The highest BCUT2D eigenvalue weighted by Gasteiger charge is 2.47. The van der Waals surface area contributed by atoms with Gasteiger partial charge in [-0.05, 0) is 101 Å². The topological polar surface area (TPSA) is 18.5 Å². The second-order valence-corrected chi connectivity index (χ2v) is 20.1. The Balaban J connectivity index is 1.04. The second-order valence-electron chi connectivity index (χ2n) is 20.1. The van der Waals surface area contributed by atoms with Crippen LogP contribution in [0, 0.1) is 0 Å². The number of ether oxygens (including phenoxy) is 2. The molecule has 0 saturated carbocycles. The van der Waals surface area contributed by atoms with Crippen LogP contribution in [0.3, 0.4) is 0 Å². The fourth-order valence-corrected chi connectivity index (χ4v) is 13.2. The summed E-state index contributed by atoms with van der Waals surface area (Å²) in [4.78, 5) is 0. The fraction of sp³-hybridized carbons (Fsp3) is 0.0270. The maximum absolute atomic E-state index is 7.32. The Hall–Kier alpha value is -9.76. The second kappa shape index (κ2) is 17.4. The van der Waals surface area contributed by atoms with E-state index in [0.717, 1.165) is 94.6 Å². The van der Waals surface area contributed by atoms with E-state index in [4.69, 9.17) is 9.47 Å². The molecule has 0 amide bonds. The smallest absolute Gasteiger partial charge is 0.140 e. The van der Waals surface area contributed by atoms with Crippen LogP contribution in [0.25, 0.3) is 65.7 Å². The molecule has 0 unspecified atom stereocenters. The summed E-state index contributed by atoms with van der Waals surface area (Å²) >= 11 is 0. The van der Waals surface area contributed by atoms with Crippen molar-refractivity contribution in [3.63, 3.8) is 0 Å². The first kappa shape index (κ1) is 43.8. The molecule has 2 nitrogen and oxygen atoms in total. The van der Waals surface area contributed by atoms with Gasteiger partial charge >= 0.3 is 0 Å². The Morgan fingerprint density at radius 3 is 1.07 bits per heavy atom. The maximum atomic E-state index is 7.32. The van der Waals surface area contributed by atoms with Crippen LogP contribution in [-0.2, 0) is 10.8 Å². The summed E-state index contributed by atoms with van der Waals surface area (Å²) in [6.45, 7) is 0. The van der Waals surface area contributed by atoms with Gasteiger partial charge in [0.05, 0.1) is 10.8 Å². The summed E-state index contributed by atoms with van der Waals surface area (Å²) in [5, 5.41) is 6.99. The van der Waals surface area contributed by atoms with Crippen LogP contribution in [0.1, 0.15) is 44.5 Å². The largest absolute Gasteiger partial charge is 0.456 e. The van der Waals surface area contributed by atoms with E-state index in [1.165, 1.54) is 38.6 Å². The van der Waals surface area contributed by atoms with Crippen LogP contribution in [0.4, 0.5) is 0 Å². The molecule has 0 aliphatic carbocycles. The standard InChI is InChI=1S/C74H48O2/c1-5-25-52(26-6-1)73(53-27-7-2-8-28-53)64-39-15-17-43-68(64)75-71-60(37-21-41-66(71)73)56-33-19-35-58-62(56)48-63-57(34-20-36-59(63)70(58)51-46-45-49-23-13-14-24-50(49)47-51)61-38-22-42-67-72(61)76-69-44-18-16-40-65(69)74(67,54-29-9-3-10-30-54)55-31-11-4-12-32-55/h1-48H. The number of benzene rings is 13. The van der Waals surface area contributed by atoms with E-state index in [1.807, 2.05) is 0 Å². The predicted molar refractivity (Wildman–Crippen MR) is 312 cm³/mol. The molecule has 0 spiro atoms. The van der Waals surface area contributed by atoms with Gasteiger partial charge in [0.1, 0.15) is 23.0 Å². The van der Waals surface area contributed by atoms with Crippen LogP contribution in [0.5, 0.6) is 23.0 Å². The lowest BCUT2D eigenvalue weighted by atomic mass is 9.63. The first-order valence-corrected chi connectivity index (χ1v) is 26.2. The minimum atomic E-state index is -0.664. The molecule has 0 N–H and O–H groups in total. The number of para-hydroxylation sites is 4. The van der Waals surface area contributed by atoms with Gasteiger partial charge < -0.3 is 9.47 Å². The molecule has 13 aromatic rings. The van der Waals surface area contributed by atoms with E-state index >= 15 is 0 Å². The third-order valence-electron chi connectivity index (χ3n) is 16.3. The van der Waals surface area contributed by atoms with Gasteiger partial charge in [0, 0.05) is 33.4 Å². The Kier molecular flexibility index (Phi) is 10.0. The first-order chi connectivity index (χ1) is 37.7. The summed E-state index contributed by atoms with van der Waals surface area (Å²) < 4.78 is 14.6. The Labute approximate surface area is 442 Å². The molecule has 0 fully saturated rings. The van der Waals surface area contributed by atoms with E-state index in [2.05, 4.69) is 291 Å². The van der Waals surface area contributed by atoms with E-state index in [-0.39, 0.29) is 0 Å². The minimum Gasteiger partial charge on any atom is -0.456 e. The van der Waals surface area contributed by atoms with E-state index in [1.54, 1.807) is 0 Å². The quantitative estimate of drug-likeness (QED) is 0.148. The zero-order chi connectivity index (χ0) is 50.2. The van der Waals surface area contributed by atoms with Crippen molar-refractivity contribution in [2.24, 2.45) is 0 Å². The molecular formula is C74H48O2. The highest BCUT2D eigenvalue weighted by molar-refractivity contribution is 6.20. The molecule has 356 valence electrons. The summed E-state index contributed by atoms with van der Waals surface area (Å²) in [6.07, 6.45) is 0. The van der Waals surface area contributed by atoms with Crippen molar-refractivity contribution in [1.82, 2.24) is 0 Å². The lowest BCUT2D eigenvalue weighted by molar-refractivity contribution is 0.436. The predicted octanol–water partition coefficient (Wildman–Crippen LogP) is 19.1. The van der Waals surface area contributed by atoms with Crippen molar-refractivity contribution in [3.8, 4) is 56.4 Å². The maximum Gasteiger partial charge on any atom is 0.140 e. The van der Waals surface area contributed by atoms with Gasteiger partial charge in [-0.15, -0.1) is 0 Å². The van der Waals surface area contributed by atoms with Crippen molar-refractivity contribution in [1.29, 1.82) is 0 Å². The molecular weight excluding hydrogens is 921 g/mol. The van der Waals surface area contributed by atoms with Crippen LogP contribution >= 0.6 is 0 Å². The van der Waals surface area contributed by atoms with Crippen LogP contribution in [0.15, 0.2) is 291 Å². The number of rotatable bonds is 7. The van der Waals surface area contributed by atoms with Crippen molar-refractivity contribution in [2.45, 2.75) is 10.8 Å². The van der Waals surface area contributed by atoms with E-state index in [9.17, 15) is 0 Å². The Morgan fingerprint density at radius 2 is 0.605 bits per heavy atom. The molecule has 2 heteroatoms. The van der Waals surface area contributed by atoms with Crippen molar-refractivity contribution in [2.75, 3.05) is 0 Å². The Morgan fingerprint density at radius 1 is 0.237 bits per heavy atom. The zero-order valence-electron chi connectivity index (χ0n) is 41.5. The fourth-order valence-electron chi connectivity index (χ4n) is 13.2. The van der Waals surface area contributed by atoms with Crippen molar-refractivity contribution in [3.05, 3.63) is 336 Å². The molecule has 76 heavy (non-hydrogen) atoms. The van der Waals surface area contributed by atoms with Gasteiger partial charge in [-0.3, -0.25) is 0 Å². The van der Waals surface area contributed by atoms with Crippen LogP contribution in [0.2, 0.25) is 0 Å². The number of hydrogen-bond acceptors (Lipinski definition) is 2. The summed E-state index contributed by atoms with van der Waals surface area (Å²) in [5.41, 5.74) is 14.4. The lowest BCUT2D eigenvalue weighted by Crippen LogP contribution is -2.34. The highest BCUT2D eigenvalue weighted by Crippen LogP contribution is 2.60. The Bertz CT molecular complexity index is 4070. The summed E-state index contributed by atoms with van der Waals surface area (Å²) in [7, 11) is 0. The van der Waals surface area contributed by atoms with Crippen LogP contribution in [-0.4, -0.2) is 0 Å². The first-order valence-electron chi connectivity index (χ1n) is 26.2. The molecule has 2 aliphatic heterocycles. The van der Waals surface area contributed by atoms with Crippen molar-refractivity contribution < 1.29 is 9.47 Å². The SMILES string of the molecule is c1ccc(C2(c3ccccc3)c3ccccc3Oc3c(-c4cccc5c(-c6ccc7ccccc7c6)c6cccc(-c7cccc8c7Oc7ccccc7C8(c7ccccc7)c7ccccc7)c6cc45)cccc32)cc1. The van der Waals surface area contributed by atoms with Gasteiger partial charge in [0.25, 0.3) is 0 Å². The number of fused-ring (bicyclic) bond motifs is 7. The summed E-state index contributed by atoms with van der Waals surface area (Å²) in [6, 6.07) is 106. The molecule has 0 radical (unpaired) electrons. The van der Waals surface area contributed by atoms with E-state index < -0.39 is 10.8 Å². The minimum absolute atomic E-state index is 0.664. The average molecular weight is 969 g/mol. The third kappa shape index (κ3) is 6.41. The molecule has 2 aliphatic rings. The van der Waals surface area contributed by atoms with Crippen molar-refractivity contribution >= 4 is 32.3 Å². The summed E-state index contributed by atoms with van der Waals surface area (Å²) in [5.74, 6) is 3.39. The van der Waals surface area contributed by atoms with Crippen LogP contribution < -0.4 is 9.47 Å². The van der Waals surface area contributed by atoms with Gasteiger partial charge in [0.15, 0.2) is 0 Å². The van der Waals surface area contributed by atoms with Gasteiger partial charge in [0.2, 0.25) is 0 Å². The molecule has 0 aromatic heterocycles. The monoisotopic (exact) mass is 968 g/mol. The molecule has 0 atom stereocenters. The van der Waals surface area contributed by atoms with E-state index in [0.29, 0.717) is 0 Å². The van der Waals surface area contributed by atoms with Gasteiger partial charge in [-0.1, -0.05) is 267 Å². The molecule has 0 saturated heterocycles. The lowest BCUT2D eigenvalue weighted by Gasteiger charge is -2.42. The normalized spacial score (nSPS) is 13.7. The molecule has 15 rings (SSSR count). The molecule has 0 bridgehead atoms. The third-order valence-corrected chi connectivity index (χ3v) is 16.3. The molecule has 13 aromatic carbocycles.